The van der Waals surface area contributed by atoms with Crippen molar-refractivity contribution >= 4 is 76.2 Å². The van der Waals surface area contributed by atoms with Crippen LogP contribution < -0.4 is 0 Å². The number of para-hydroxylation sites is 2. The molecule has 9 aromatic rings. The molecule has 34 heavy (non-hydrogen) atoms. The average Bonchev–Trinajstić information content (AvgIpc) is 3.38. The first kappa shape index (κ1) is 17.0. The Morgan fingerprint density at radius 1 is 0.324 bits per heavy atom. The molecule has 0 bridgehead atoms. The molecule has 0 amide bonds. The third-order valence-corrected chi connectivity index (χ3v) is 7.75. The number of hydrogen-bond acceptors (Lipinski definition) is 0. The van der Waals surface area contributed by atoms with Crippen LogP contribution in [0.2, 0.25) is 0 Å². The monoisotopic (exact) mass is 430 g/mol. The molecule has 156 valence electrons. The van der Waals surface area contributed by atoms with E-state index in [0.717, 1.165) is 0 Å². The molecule has 0 spiro atoms. The van der Waals surface area contributed by atoms with Gasteiger partial charge in [-0.25, -0.2) is 0 Å². The minimum atomic E-state index is 1.26. The van der Waals surface area contributed by atoms with Gasteiger partial charge in [-0.1, -0.05) is 72.8 Å². The van der Waals surface area contributed by atoms with E-state index in [1.807, 2.05) is 0 Å². The molecule has 0 aliphatic rings. The van der Waals surface area contributed by atoms with Crippen LogP contribution in [0.5, 0.6) is 0 Å². The Bertz CT molecular complexity index is 2110. The number of aromatic nitrogens is 2. The summed E-state index contributed by atoms with van der Waals surface area (Å²) in [5, 5.41) is 10.4. The van der Waals surface area contributed by atoms with Gasteiger partial charge in [0.2, 0.25) is 0 Å². The third kappa shape index (κ3) is 1.86. The van der Waals surface area contributed by atoms with Crippen molar-refractivity contribution in [1.82, 2.24) is 8.80 Å². The highest BCUT2D eigenvalue weighted by molar-refractivity contribution is 6.23. The van der Waals surface area contributed by atoms with Gasteiger partial charge in [-0.15, -0.1) is 0 Å². The van der Waals surface area contributed by atoms with Crippen LogP contribution in [0.15, 0.2) is 109 Å². The zero-order chi connectivity index (χ0) is 22.0. The molecule has 0 unspecified atom stereocenters. The van der Waals surface area contributed by atoms with Gasteiger partial charge in [0.15, 0.2) is 0 Å². The molecule has 0 aliphatic carbocycles. The van der Waals surface area contributed by atoms with E-state index < -0.39 is 0 Å². The second kappa shape index (κ2) is 5.67. The Morgan fingerprint density at radius 2 is 0.735 bits per heavy atom. The maximum Gasteiger partial charge on any atom is 0.0783 e. The van der Waals surface area contributed by atoms with Crippen LogP contribution in [0.1, 0.15) is 0 Å². The van der Waals surface area contributed by atoms with E-state index >= 15 is 0 Å². The van der Waals surface area contributed by atoms with Crippen LogP contribution in [0.4, 0.5) is 0 Å². The highest BCUT2D eigenvalue weighted by Gasteiger charge is 2.21. The number of rotatable bonds is 0. The van der Waals surface area contributed by atoms with E-state index in [2.05, 4.69) is 118 Å². The van der Waals surface area contributed by atoms with Gasteiger partial charge in [0.05, 0.1) is 33.1 Å². The molecule has 0 saturated carbocycles. The van der Waals surface area contributed by atoms with Gasteiger partial charge in [-0.3, -0.25) is 0 Å². The van der Waals surface area contributed by atoms with Crippen LogP contribution in [0.3, 0.4) is 0 Å². The Labute approximate surface area is 194 Å². The van der Waals surface area contributed by atoms with Crippen molar-refractivity contribution in [2.24, 2.45) is 0 Å². The van der Waals surface area contributed by atoms with Crippen LogP contribution in [0.25, 0.3) is 76.2 Å². The smallest absolute Gasteiger partial charge is 0.0783 e. The molecule has 0 saturated heterocycles. The van der Waals surface area contributed by atoms with Crippen LogP contribution >= 0.6 is 0 Å². The van der Waals surface area contributed by atoms with Crippen molar-refractivity contribution in [2.45, 2.75) is 0 Å². The zero-order valence-electron chi connectivity index (χ0n) is 18.3. The van der Waals surface area contributed by atoms with Gasteiger partial charge in [0.25, 0.3) is 0 Å². The molecular weight excluding hydrogens is 412 g/mol. The van der Waals surface area contributed by atoms with Crippen molar-refractivity contribution in [2.75, 3.05) is 0 Å². The van der Waals surface area contributed by atoms with Crippen molar-refractivity contribution < 1.29 is 0 Å². The van der Waals surface area contributed by atoms with Crippen LogP contribution in [-0.4, -0.2) is 8.80 Å². The summed E-state index contributed by atoms with van der Waals surface area (Å²) in [6, 6.07) is 40.3. The Kier molecular flexibility index (Phi) is 2.83. The Hall–Kier alpha value is -4.56. The minimum Gasteiger partial charge on any atom is -0.305 e. The molecule has 9 rings (SSSR count). The van der Waals surface area contributed by atoms with E-state index in [0.29, 0.717) is 0 Å². The summed E-state index contributed by atoms with van der Waals surface area (Å²) in [5.41, 5.74) is 7.64. The summed E-state index contributed by atoms with van der Waals surface area (Å²) in [7, 11) is 0. The average molecular weight is 431 g/mol. The molecule has 2 heteroatoms. The predicted octanol–water partition coefficient (Wildman–Crippen LogP) is 8.55. The number of nitrogens with zero attached hydrogens (tertiary/aromatic N) is 2. The maximum atomic E-state index is 2.49. The second-order valence-electron chi connectivity index (χ2n) is 9.45. The highest BCUT2D eigenvalue weighted by atomic mass is 15.0. The molecule has 0 N–H and O–H groups in total. The van der Waals surface area contributed by atoms with E-state index in [-0.39, 0.29) is 0 Å². The predicted molar refractivity (Wildman–Crippen MR) is 145 cm³/mol. The Morgan fingerprint density at radius 3 is 1.18 bits per heavy atom. The number of hydrogen-bond donors (Lipinski definition) is 0. The Balaban J connectivity index is 1.65. The third-order valence-electron chi connectivity index (χ3n) is 7.75. The molecule has 3 heterocycles. The first-order valence-corrected chi connectivity index (χ1v) is 11.8. The van der Waals surface area contributed by atoms with Crippen molar-refractivity contribution in [1.29, 1.82) is 0 Å². The van der Waals surface area contributed by atoms with Crippen molar-refractivity contribution in [3.8, 4) is 0 Å². The minimum absolute atomic E-state index is 1.26. The van der Waals surface area contributed by atoms with E-state index in [4.69, 9.17) is 0 Å². The molecule has 0 aliphatic heterocycles. The lowest BCUT2D eigenvalue weighted by Gasteiger charge is -2.11. The first-order valence-electron chi connectivity index (χ1n) is 11.8. The fourth-order valence-corrected chi connectivity index (χ4v) is 6.33. The standard InChI is InChI=1S/C32H18N2/c1-3-9-21-17-29-25(15-19(21)7-1)23-11-5-13-27-31(23)33(29)28-14-6-12-24-26-16-20-8-2-4-10-22(20)18-30(26)34(27)32(24)28/h1-18H. The molecule has 3 aromatic heterocycles. The first-order chi connectivity index (χ1) is 16.9. The SMILES string of the molecule is c1ccc2cc3c(cc2c1)c1cccc2c1n3c1cccc3c4cc5ccccc5cc4n2c31. The number of fused-ring (bicyclic) bond motifs is 10. The summed E-state index contributed by atoms with van der Waals surface area (Å²) in [5.74, 6) is 0. The summed E-state index contributed by atoms with van der Waals surface area (Å²) in [4.78, 5) is 0. The van der Waals surface area contributed by atoms with Crippen molar-refractivity contribution in [3.05, 3.63) is 109 Å². The highest BCUT2D eigenvalue weighted by Crippen LogP contribution is 2.42. The van der Waals surface area contributed by atoms with Gasteiger partial charge in [-0.05, 0) is 57.9 Å². The molecule has 6 aromatic carbocycles. The van der Waals surface area contributed by atoms with Gasteiger partial charge in [-0.2, -0.15) is 0 Å². The van der Waals surface area contributed by atoms with E-state index in [1.54, 1.807) is 0 Å². The van der Waals surface area contributed by atoms with Gasteiger partial charge in [0.1, 0.15) is 0 Å². The van der Waals surface area contributed by atoms with Gasteiger partial charge in [0, 0.05) is 21.5 Å². The van der Waals surface area contributed by atoms with Crippen LogP contribution in [-0.2, 0) is 0 Å². The van der Waals surface area contributed by atoms with Crippen LogP contribution in [0, 0.1) is 0 Å². The zero-order valence-corrected chi connectivity index (χ0v) is 18.3. The van der Waals surface area contributed by atoms with Gasteiger partial charge >= 0.3 is 0 Å². The molecular formula is C32H18N2. The molecule has 0 fully saturated rings. The summed E-state index contributed by atoms with van der Waals surface area (Å²) >= 11 is 0. The summed E-state index contributed by atoms with van der Waals surface area (Å²) in [6.45, 7) is 0. The molecule has 0 atom stereocenters. The normalized spacial score (nSPS) is 12.7. The second-order valence-corrected chi connectivity index (χ2v) is 9.45. The van der Waals surface area contributed by atoms with E-state index in [9.17, 15) is 0 Å². The number of benzene rings is 6. The fraction of sp³-hybridized carbons (Fsp3) is 0. The quantitative estimate of drug-likeness (QED) is 0.213. The van der Waals surface area contributed by atoms with Crippen molar-refractivity contribution in [3.63, 3.8) is 0 Å². The maximum absolute atomic E-state index is 2.49. The molecule has 0 radical (unpaired) electrons. The summed E-state index contributed by atoms with van der Waals surface area (Å²) in [6.07, 6.45) is 0. The van der Waals surface area contributed by atoms with Gasteiger partial charge < -0.3 is 8.80 Å². The molecule has 2 nitrogen and oxygen atoms in total. The largest absolute Gasteiger partial charge is 0.305 e. The lowest BCUT2D eigenvalue weighted by molar-refractivity contribution is 1.26. The fourth-order valence-electron chi connectivity index (χ4n) is 6.33. The lowest BCUT2D eigenvalue weighted by Crippen LogP contribution is -1.96. The summed E-state index contributed by atoms with van der Waals surface area (Å²) < 4.78 is 4.99. The topological polar surface area (TPSA) is 8.82 Å². The van der Waals surface area contributed by atoms with E-state index in [1.165, 1.54) is 76.2 Å². The lowest BCUT2D eigenvalue weighted by atomic mass is 10.1.